The summed E-state index contributed by atoms with van der Waals surface area (Å²) in [5, 5.41) is 16.2. The number of aromatic nitrogens is 2. The predicted molar refractivity (Wildman–Crippen MR) is 67.6 cm³/mol. The number of nitrogens with zero attached hydrogens (tertiary/aromatic N) is 2. The van der Waals surface area contributed by atoms with E-state index in [0.29, 0.717) is 5.92 Å². The third-order valence-corrected chi connectivity index (χ3v) is 3.88. The van der Waals surface area contributed by atoms with E-state index in [4.69, 9.17) is 0 Å². The smallest absolute Gasteiger partial charge is 0.112 e. The summed E-state index contributed by atoms with van der Waals surface area (Å²) in [5.74, 6) is 0.394. The Kier molecular flexibility index (Phi) is 2.26. The summed E-state index contributed by atoms with van der Waals surface area (Å²) in [6, 6.07) is 8.12. The Hall–Kier alpha value is -1.35. The number of rotatable bonds is 3. The van der Waals surface area contributed by atoms with Gasteiger partial charge in [0, 0.05) is 12.4 Å². The molecule has 0 spiro atoms. The van der Waals surface area contributed by atoms with E-state index in [0.717, 1.165) is 35.9 Å². The zero-order valence-electron chi connectivity index (χ0n) is 10.3. The van der Waals surface area contributed by atoms with Crippen LogP contribution in [0.4, 0.5) is 0 Å². The van der Waals surface area contributed by atoms with Gasteiger partial charge in [-0.1, -0.05) is 31.5 Å². The summed E-state index contributed by atoms with van der Waals surface area (Å²) in [6.07, 6.45) is 3.07. The minimum atomic E-state index is -0.670. The zero-order chi connectivity index (χ0) is 12.0. The lowest BCUT2D eigenvalue weighted by Crippen LogP contribution is -2.10. The topological polar surface area (TPSA) is 38.1 Å². The molecule has 3 heteroatoms. The van der Waals surface area contributed by atoms with Crippen molar-refractivity contribution in [2.45, 2.75) is 31.8 Å². The van der Waals surface area contributed by atoms with Crippen LogP contribution in [-0.2, 0) is 12.6 Å². The molecule has 3 rings (SSSR count). The number of aryl methyl sites for hydroxylation is 1. The summed E-state index contributed by atoms with van der Waals surface area (Å²) in [7, 11) is 1.94. The lowest BCUT2D eigenvalue weighted by Gasteiger charge is -2.07. The number of fused-ring (bicyclic) bond motifs is 1. The number of aliphatic hydroxyl groups is 1. The van der Waals surface area contributed by atoms with Crippen LogP contribution in [0.1, 0.15) is 31.9 Å². The number of hydrogen-bond acceptors (Lipinski definition) is 2. The van der Waals surface area contributed by atoms with E-state index in [1.807, 2.05) is 29.9 Å². The van der Waals surface area contributed by atoms with Crippen LogP contribution >= 0.6 is 0 Å². The Morgan fingerprint density at radius 2 is 2.24 bits per heavy atom. The molecule has 1 aliphatic carbocycles. The van der Waals surface area contributed by atoms with Gasteiger partial charge in [0.15, 0.2) is 0 Å². The summed E-state index contributed by atoms with van der Waals surface area (Å²) in [6.45, 7) is 2.16. The molecular formula is C14H18N2O. The van der Waals surface area contributed by atoms with Gasteiger partial charge in [-0.15, -0.1) is 0 Å². The Morgan fingerprint density at radius 1 is 1.47 bits per heavy atom. The molecular weight excluding hydrogens is 212 g/mol. The standard InChI is InChI=1S/C14H18N2O/c1-3-6-10-9-14(10,17)13-11-7-4-5-8-12(11)16(2)15-13/h4-5,7-8,10,17H,3,6,9H2,1-2H3. The Bertz CT molecular complexity index is 560. The van der Waals surface area contributed by atoms with Crippen molar-refractivity contribution in [3.05, 3.63) is 30.0 Å². The maximum absolute atomic E-state index is 10.6. The molecule has 1 fully saturated rings. The normalized spacial score (nSPS) is 27.6. The summed E-state index contributed by atoms with van der Waals surface area (Å²) < 4.78 is 1.87. The van der Waals surface area contributed by atoms with E-state index < -0.39 is 5.60 Å². The van der Waals surface area contributed by atoms with Gasteiger partial charge in [0.1, 0.15) is 11.3 Å². The monoisotopic (exact) mass is 230 g/mol. The van der Waals surface area contributed by atoms with E-state index in [2.05, 4.69) is 18.1 Å². The molecule has 0 saturated heterocycles. The number of hydrogen-bond donors (Lipinski definition) is 1. The van der Waals surface area contributed by atoms with E-state index in [9.17, 15) is 5.11 Å². The molecule has 2 atom stereocenters. The number of para-hydroxylation sites is 1. The van der Waals surface area contributed by atoms with Crippen LogP contribution in [0.5, 0.6) is 0 Å². The molecule has 3 nitrogen and oxygen atoms in total. The van der Waals surface area contributed by atoms with Crippen molar-refractivity contribution < 1.29 is 5.11 Å². The largest absolute Gasteiger partial charge is 0.383 e. The minimum absolute atomic E-state index is 0.394. The molecule has 17 heavy (non-hydrogen) atoms. The lowest BCUT2D eigenvalue weighted by atomic mass is 10.1. The molecule has 1 aromatic carbocycles. The summed E-state index contributed by atoms with van der Waals surface area (Å²) >= 11 is 0. The highest BCUT2D eigenvalue weighted by Gasteiger charge is 2.55. The van der Waals surface area contributed by atoms with Crippen molar-refractivity contribution in [2.75, 3.05) is 0 Å². The van der Waals surface area contributed by atoms with Crippen LogP contribution in [0.15, 0.2) is 24.3 Å². The van der Waals surface area contributed by atoms with Gasteiger partial charge in [-0.2, -0.15) is 5.10 Å². The molecule has 2 unspecified atom stereocenters. The molecule has 0 bridgehead atoms. The summed E-state index contributed by atoms with van der Waals surface area (Å²) in [5.41, 5.74) is 1.30. The fraction of sp³-hybridized carbons (Fsp3) is 0.500. The van der Waals surface area contributed by atoms with Crippen LogP contribution in [-0.4, -0.2) is 14.9 Å². The Balaban J connectivity index is 2.07. The van der Waals surface area contributed by atoms with Gasteiger partial charge in [-0.3, -0.25) is 4.68 Å². The average molecular weight is 230 g/mol. The van der Waals surface area contributed by atoms with E-state index in [1.54, 1.807) is 0 Å². The molecule has 1 aliphatic rings. The van der Waals surface area contributed by atoms with E-state index >= 15 is 0 Å². The van der Waals surface area contributed by atoms with Gasteiger partial charge in [-0.05, 0) is 24.8 Å². The van der Waals surface area contributed by atoms with Gasteiger partial charge in [0.05, 0.1) is 5.52 Å². The molecule has 2 aromatic rings. The van der Waals surface area contributed by atoms with Crippen molar-refractivity contribution in [1.82, 2.24) is 9.78 Å². The summed E-state index contributed by atoms with van der Waals surface area (Å²) in [4.78, 5) is 0. The lowest BCUT2D eigenvalue weighted by molar-refractivity contribution is 0.125. The molecule has 1 N–H and O–H groups in total. The van der Waals surface area contributed by atoms with Crippen LogP contribution in [0.3, 0.4) is 0 Å². The van der Waals surface area contributed by atoms with Gasteiger partial charge >= 0.3 is 0 Å². The van der Waals surface area contributed by atoms with Crippen LogP contribution in [0.2, 0.25) is 0 Å². The first kappa shape index (κ1) is 10.8. The Morgan fingerprint density at radius 3 is 3.00 bits per heavy atom. The van der Waals surface area contributed by atoms with E-state index in [-0.39, 0.29) is 0 Å². The fourth-order valence-corrected chi connectivity index (χ4v) is 2.83. The second kappa shape index (κ2) is 3.57. The zero-order valence-corrected chi connectivity index (χ0v) is 10.3. The van der Waals surface area contributed by atoms with Gasteiger partial charge in [0.25, 0.3) is 0 Å². The maximum atomic E-state index is 10.6. The van der Waals surface area contributed by atoms with Gasteiger partial charge < -0.3 is 5.11 Å². The Labute approximate surface area is 101 Å². The molecule has 1 aromatic heterocycles. The number of benzene rings is 1. The second-order valence-electron chi connectivity index (χ2n) is 5.10. The highest BCUT2D eigenvalue weighted by molar-refractivity contribution is 5.83. The van der Waals surface area contributed by atoms with E-state index in [1.165, 1.54) is 0 Å². The average Bonchev–Trinajstić information content (AvgIpc) is 2.84. The van der Waals surface area contributed by atoms with Crippen LogP contribution in [0.25, 0.3) is 10.9 Å². The molecule has 1 heterocycles. The van der Waals surface area contributed by atoms with Gasteiger partial charge in [-0.25, -0.2) is 0 Å². The molecule has 0 aliphatic heterocycles. The highest BCUT2D eigenvalue weighted by Crippen LogP contribution is 2.55. The first-order valence-corrected chi connectivity index (χ1v) is 6.31. The van der Waals surface area contributed by atoms with Crippen molar-refractivity contribution in [3.8, 4) is 0 Å². The molecule has 90 valence electrons. The van der Waals surface area contributed by atoms with Crippen molar-refractivity contribution in [1.29, 1.82) is 0 Å². The first-order chi connectivity index (χ1) is 8.16. The molecule has 0 radical (unpaired) electrons. The molecule has 0 amide bonds. The third kappa shape index (κ3) is 1.49. The molecule has 1 saturated carbocycles. The maximum Gasteiger partial charge on any atom is 0.112 e. The third-order valence-electron chi connectivity index (χ3n) is 3.88. The van der Waals surface area contributed by atoms with Gasteiger partial charge in [0.2, 0.25) is 0 Å². The van der Waals surface area contributed by atoms with Crippen LogP contribution in [0, 0.1) is 5.92 Å². The van der Waals surface area contributed by atoms with Crippen LogP contribution < -0.4 is 0 Å². The second-order valence-corrected chi connectivity index (χ2v) is 5.10. The van der Waals surface area contributed by atoms with Crippen molar-refractivity contribution in [3.63, 3.8) is 0 Å². The fourth-order valence-electron chi connectivity index (χ4n) is 2.83. The quantitative estimate of drug-likeness (QED) is 0.880. The van der Waals surface area contributed by atoms with Crippen molar-refractivity contribution in [2.24, 2.45) is 13.0 Å². The predicted octanol–water partition coefficient (Wildman–Crippen LogP) is 2.58. The van der Waals surface area contributed by atoms with Crippen molar-refractivity contribution >= 4 is 10.9 Å². The first-order valence-electron chi connectivity index (χ1n) is 6.31. The minimum Gasteiger partial charge on any atom is -0.383 e. The SMILES string of the molecule is CCCC1CC1(O)c1nn(C)c2ccccc12. The highest BCUT2D eigenvalue weighted by atomic mass is 16.3.